The minimum Gasteiger partial charge on any atom is -0.427 e. The fourth-order valence-electron chi connectivity index (χ4n) is 3.48. The molecule has 0 spiro atoms. The number of hydrogen-bond donors (Lipinski definition) is 1. The van der Waals surface area contributed by atoms with Crippen LogP contribution in [-0.2, 0) is 0 Å². The van der Waals surface area contributed by atoms with Gasteiger partial charge in [-0.15, -0.1) is 0 Å². The highest BCUT2D eigenvalue weighted by molar-refractivity contribution is 6.31. The molecule has 1 aliphatic rings. The number of nitrogens with zero attached hydrogens (tertiary/aromatic N) is 2. The van der Waals surface area contributed by atoms with Crippen LogP contribution in [0.25, 0.3) is 11.1 Å². The van der Waals surface area contributed by atoms with Crippen LogP contribution in [0, 0.1) is 5.92 Å². The highest BCUT2D eigenvalue weighted by Gasteiger charge is 2.44. The van der Waals surface area contributed by atoms with E-state index in [9.17, 15) is 22.4 Å². The number of carbonyl (C=O) groups excluding carboxylic acids is 1. The average molecular weight is 472 g/mol. The van der Waals surface area contributed by atoms with Gasteiger partial charge < -0.3 is 19.4 Å². The summed E-state index contributed by atoms with van der Waals surface area (Å²) >= 11 is 5.93. The fourth-order valence-corrected chi connectivity index (χ4v) is 3.65. The number of para-hydroxylation sites is 1. The summed E-state index contributed by atoms with van der Waals surface area (Å²) < 4.78 is 61.5. The number of hydrogen-bond acceptors (Lipinski definition) is 5. The first-order chi connectivity index (χ1) is 15.2. The zero-order chi connectivity index (χ0) is 22.9. The Morgan fingerprint density at radius 3 is 2.88 bits per heavy atom. The second-order valence-electron chi connectivity index (χ2n) is 7.38. The Morgan fingerprint density at radius 2 is 2.09 bits per heavy atom. The van der Waals surface area contributed by atoms with E-state index in [1.165, 1.54) is 23.1 Å². The number of carbonyl (C=O) groups is 1. The molecule has 32 heavy (non-hydrogen) atoms. The van der Waals surface area contributed by atoms with Crippen LogP contribution in [0.2, 0.25) is 5.02 Å². The van der Waals surface area contributed by atoms with Crippen molar-refractivity contribution in [1.82, 2.24) is 9.88 Å². The van der Waals surface area contributed by atoms with Crippen LogP contribution >= 0.6 is 11.6 Å². The lowest BCUT2D eigenvalue weighted by molar-refractivity contribution is -0.253. The molecule has 170 valence electrons. The maximum Gasteiger partial charge on any atom is 0.461 e. The van der Waals surface area contributed by atoms with Gasteiger partial charge in [-0.1, -0.05) is 23.7 Å². The number of likely N-dealkylation sites (tertiary alicyclic amines) is 1. The number of aromatic nitrogens is 1. The summed E-state index contributed by atoms with van der Waals surface area (Å²) in [5.41, 5.74) is 0.995. The van der Waals surface area contributed by atoms with Crippen molar-refractivity contribution >= 4 is 34.6 Å². The van der Waals surface area contributed by atoms with Gasteiger partial charge in [0.25, 0.3) is 11.9 Å². The lowest BCUT2D eigenvalue weighted by Gasteiger charge is -2.21. The topological polar surface area (TPSA) is 67.6 Å². The number of oxazole rings is 1. The predicted molar refractivity (Wildman–Crippen MR) is 110 cm³/mol. The van der Waals surface area contributed by atoms with Crippen molar-refractivity contribution in [3.8, 4) is 5.75 Å². The molecular formula is C21H18ClF4N3O3. The number of ether oxygens (including phenoxy) is 1. The van der Waals surface area contributed by atoms with Crippen LogP contribution in [0.4, 0.5) is 23.6 Å². The van der Waals surface area contributed by atoms with Gasteiger partial charge in [0.1, 0.15) is 11.3 Å². The smallest absolute Gasteiger partial charge is 0.427 e. The van der Waals surface area contributed by atoms with Crippen molar-refractivity contribution in [2.45, 2.75) is 19.0 Å². The fraction of sp³-hybridized carbons (Fsp3) is 0.333. The largest absolute Gasteiger partial charge is 0.461 e. The molecule has 2 aromatic carbocycles. The molecule has 1 aromatic heterocycles. The Balaban J connectivity index is 1.38. The summed E-state index contributed by atoms with van der Waals surface area (Å²) in [6.45, 7) is 1.19. The van der Waals surface area contributed by atoms with E-state index in [1.54, 1.807) is 18.2 Å². The number of anilines is 1. The molecule has 1 amide bonds. The number of alkyl halides is 4. The summed E-state index contributed by atoms with van der Waals surface area (Å²) in [5, 5.41) is 3.61. The van der Waals surface area contributed by atoms with E-state index in [4.69, 9.17) is 16.0 Å². The van der Waals surface area contributed by atoms with Crippen molar-refractivity contribution in [3.63, 3.8) is 0 Å². The molecule has 11 heteroatoms. The number of halogens is 5. The van der Waals surface area contributed by atoms with Gasteiger partial charge in [0, 0.05) is 30.7 Å². The van der Waals surface area contributed by atoms with Gasteiger partial charge in [0.05, 0.1) is 5.56 Å². The molecule has 0 radical (unpaired) electrons. The van der Waals surface area contributed by atoms with Gasteiger partial charge in [0.2, 0.25) is 0 Å². The maximum atomic E-state index is 13.3. The van der Waals surface area contributed by atoms with Crippen molar-refractivity contribution < 1.29 is 31.5 Å². The summed E-state index contributed by atoms with van der Waals surface area (Å²) in [4.78, 5) is 18.6. The Morgan fingerprint density at radius 1 is 1.31 bits per heavy atom. The molecule has 1 saturated heterocycles. The summed E-state index contributed by atoms with van der Waals surface area (Å²) in [6.07, 6.45) is -8.06. The summed E-state index contributed by atoms with van der Waals surface area (Å²) in [6, 6.07) is 10.5. The number of nitrogens with one attached hydrogen (secondary N) is 1. The first-order valence-electron chi connectivity index (χ1n) is 9.76. The van der Waals surface area contributed by atoms with Gasteiger partial charge in [-0.2, -0.15) is 22.5 Å². The predicted octanol–water partition coefficient (Wildman–Crippen LogP) is 5.29. The molecule has 1 aliphatic heterocycles. The second kappa shape index (κ2) is 8.85. The third kappa shape index (κ3) is 4.74. The Labute approximate surface area is 185 Å². The molecule has 0 saturated carbocycles. The van der Waals surface area contributed by atoms with Gasteiger partial charge in [-0.25, -0.2) is 0 Å². The Bertz CT molecular complexity index is 1120. The molecule has 6 nitrogen and oxygen atoms in total. The summed E-state index contributed by atoms with van der Waals surface area (Å²) in [5.74, 6) is -1.10. The van der Waals surface area contributed by atoms with E-state index in [1.807, 2.05) is 0 Å². The molecule has 0 aliphatic carbocycles. The first kappa shape index (κ1) is 22.2. The molecule has 2 heterocycles. The minimum atomic E-state index is -4.70. The first-order valence-corrected chi connectivity index (χ1v) is 10.1. The SMILES string of the molecule is O=C(c1ccccc1OC(F)(F)C(F)F)N1CCC(CNc2nc3ccc(Cl)cc3o2)C1. The monoisotopic (exact) mass is 471 g/mol. The number of benzene rings is 2. The highest BCUT2D eigenvalue weighted by Crippen LogP contribution is 2.31. The van der Waals surface area contributed by atoms with Crippen LogP contribution in [0.5, 0.6) is 5.75 Å². The second-order valence-corrected chi connectivity index (χ2v) is 7.81. The van der Waals surface area contributed by atoms with Gasteiger partial charge in [-0.05, 0) is 36.6 Å². The van der Waals surface area contributed by atoms with Crippen molar-refractivity contribution in [2.75, 3.05) is 25.0 Å². The number of fused-ring (bicyclic) bond motifs is 1. The Kier molecular flexibility index (Phi) is 6.14. The third-order valence-electron chi connectivity index (χ3n) is 5.08. The van der Waals surface area contributed by atoms with E-state index in [2.05, 4.69) is 15.0 Å². The molecule has 1 fully saturated rings. The lowest BCUT2D eigenvalue weighted by Crippen LogP contribution is -2.35. The van der Waals surface area contributed by atoms with Crippen LogP contribution in [0.3, 0.4) is 0 Å². The third-order valence-corrected chi connectivity index (χ3v) is 5.32. The van der Waals surface area contributed by atoms with Gasteiger partial charge in [0.15, 0.2) is 5.58 Å². The molecule has 1 N–H and O–H groups in total. The van der Waals surface area contributed by atoms with E-state index >= 15 is 0 Å². The van der Waals surface area contributed by atoms with Crippen LogP contribution in [0.15, 0.2) is 46.9 Å². The average Bonchev–Trinajstić information content (AvgIpc) is 3.38. The van der Waals surface area contributed by atoms with E-state index in [-0.39, 0.29) is 11.5 Å². The normalized spacial score (nSPS) is 16.7. The van der Waals surface area contributed by atoms with Crippen molar-refractivity contribution in [3.05, 3.63) is 53.1 Å². The van der Waals surface area contributed by atoms with E-state index in [0.29, 0.717) is 48.2 Å². The van der Waals surface area contributed by atoms with Gasteiger partial charge in [-0.3, -0.25) is 4.79 Å². The zero-order valence-corrected chi connectivity index (χ0v) is 17.3. The van der Waals surface area contributed by atoms with E-state index < -0.39 is 24.2 Å². The molecule has 1 unspecified atom stereocenters. The zero-order valence-electron chi connectivity index (χ0n) is 16.5. The van der Waals surface area contributed by atoms with Crippen LogP contribution in [-0.4, -0.2) is 48.0 Å². The van der Waals surface area contributed by atoms with Crippen molar-refractivity contribution in [2.24, 2.45) is 5.92 Å². The number of amides is 1. The standard InChI is InChI=1S/C21H18ClF4N3O3/c22-13-5-6-15-17(9-13)31-20(28-15)27-10-12-7-8-29(11-12)18(30)14-3-1-2-4-16(14)32-21(25,26)19(23)24/h1-6,9,12,19H,7-8,10-11H2,(H,27,28). The van der Waals surface area contributed by atoms with Gasteiger partial charge >= 0.3 is 12.5 Å². The van der Waals surface area contributed by atoms with Crippen molar-refractivity contribution in [1.29, 1.82) is 0 Å². The Hall–Kier alpha value is -3.01. The molecule has 3 aromatic rings. The molecular weight excluding hydrogens is 454 g/mol. The molecule has 0 bridgehead atoms. The lowest BCUT2D eigenvalue weighted by atomic mass is 10.1. The molecule has 4 rings (SSSR count). The quantitative estimate of drug-likeness (QED) is 0.474. The number of rotatable bonds is 7. The maximum absolute atomic E-state index is 13.3. The van der Waals surface area contributed by atoms with Crippen LogP contribution < -0.4 is 10.1 Å². The van der Waals surface area contributed by atoms with Crippen LogP contribution in [0.1, 0.15) is 16.8 Å². The highest BCUT2D eigenvalue weighted by atomic mass is 35.5. The van der Waals surface area contributed by atoms with E-state index in [0.717, 1.165) is 6.07 Å². The minimum absolute atomic E-state index is 0.0492. The molecule has 1 atom stereocenters. The summed E-state index contributed by atoms with van der Waals surface area (Å²) in [7, 11) is 0.